The smallest absolute Gasteiger partial charge is 0.309 e. The lowest BCUT2D eigenvalue weighted by atomic mass is 9.84. The van der Waals surface area contributed by atoms with E-state index in [1.165, 1.54) is 17.6 Å². The van der Waals surface area contributed by atoms with Crippen molar-refractivity contribution in [1.82, 2.24) is 0 Å². The summed E-state index contributed by atoms with van der Waals surface area (Å²) in [5, 5.41) is 8.99. The molecular weight excluding hydrogens is 400 g/mol. The van der Waals surface area contributed by atoms with Gasteiger partial charge in [-0.05, 0) is 98.3 Å². The largest absolute Gasteiger partial charge is 0.481 e. The van der Waals surface area contributed by atoms with Gasteiger partial charge in [-0.1, -0.05) is 51.0 Å². The Balaban J connectivity index is 0. The van der Waals surface area contributed by atoms with Gasteiger partial charge in [-0.25, -0.2) is 0 Å². The molecule has 0 amide bonds. The molecule has 0 aromatic carbocycles. The topological polar surface area (TPSA) is 63.6 Å². The molecule has 1 N–H and O–H groups in total. The number of allylic oxidation sites excluding steroid dienone is 4. The van der Waals surface area contributed by atoms with Crippen LogP contribution in [0.4, 0.5) is 0 Å². The molecule has 0 spiro atoms. The third-order valence-corrected chi connectivity index (χ3v) is 5.59. The number of esters is 1. The Morgan fingerprint density at radius 3 is 1.62 bits per heavy atom. The van der Waals surface area contributed by atoms with Gasteiger partial charge in [0.05, 0.1) is 17.9 Å². The number of carboxylic acid groups (broad SMARTS) is 1. The Kier molecular flexibility index (Phi) is 18.2. The zero-order chi connectivity index (χ0) is 25.3. The van der Waals surface area contributed by atoms with Crippen LogP contribution >= 0.6 is 0 Å². The molecule has 4 heteroatoms. The van der Waals surface area contributed by atoms with Gasteiger partial charge in [0.2, 0.25) is 0 Å². The van der Waals surface area contributed by atoms with Crippen LogP contribution in [0.3, 0.4) is 0 Å². The zero-order valence-corrected chi connectivity index (χ0v) is 22.7. The molecule has 0 aliphatic rings. The van der Waals surface area contributed by atoms with Crippen molar-refractivity contribution in [1.29, 1.82) is 0 Å². The first-order chi connectivity index (χ1) is 14.7. The minimum atomic E-state index is -0.691. The van der Waals surface area contributed by atoms with Crippen molar-refractivity contribution in [2.75, 3.05) is 6.61 Å². The summed E-state index contributed by atoms with van der Waals surface area (Å²) in [7, 11) is 0. The highest BCUT2D eigenvalue weighted by Gasteiger charge is 2.26. The Hall–Kier alpha value is -1.58. The molecule has 0 radical (unpaired) electrons. The molecule has 0 rings (SSSR count). The van der Waals surface area contributed by atoms with E-state index in [4.69, 9.17) is 9.84 Å². The van der Waals surface area contributed by atoms with Crippen molar-refractivity contribution >= 4 is 11.9 Å². The van der Waals surface area contributed by atoms with Crippen LogP contribution in [0.5, 0.6) is 0 Å². The number of carboxylic acids is 1. The van der Waals surface area contributed by atoms with Crippen LogP contribution in [0.2, 0.25) is 0 Å². The molecule has 0 aliphatic carbocycles. The van der Waals surface area contributed by atoms with Crippen LogP contribution in [-0.2, 0) is 14.3 Å². The van der Waals surface area contributed by atoms with Crippen molar-refractivity contribution in [2.45, 2.75) is 114 Å². The molecule has 2 atom stereocenters. The van der Waals surface area contributed by atoms with Crippen LogP contribution in [0.25, 0.3) is 0 Å². The fraction of sp³-hybridized carbons (Fsp3) is 0.786. The van der Waals surface area contributed by atoms with Crippen LogP contribution in [-0.4, -0.2) is 23.7 Å². The van der Waals surface area contributed by atoms with Crippen LogP contribution in [0, 0.1) is 23.2 Å². The predicted octanol–water partition coefficient (Wildman–Crippen LogP) is 8.22. The summed E-state index contributed by atoms with van der Waals surface area (Å²) in [5.74, 6) is 0.436. The summed E-state index contributed by atoms with van der Waals surface area (Å²) in [6.07, 6.45) is 11.8. The van der Waals surface area contributed by atoms with E-state index in [2.05, 4.69) is 53.7 Å². The van der Waals surface area contributed by atoms with Crippen LogP contribution < -0.4 is 0 Å². The number of carbonyl (C=O) groups is 2. The van der Waals surface area contributed by atoms with Gasteiger partial charge < -0.3 is 9.84 Å². The predicted molar refractivity (Wildman–Crippen MR) is 137 cm³/mol. The van der Waals surface area contributed by atoms with Crippen molar-refractivity contribution in [3.63, 3.8) is 0 Å². The molecule has 0 aromatic rings. The molecule has 0 saturated heterocycles. The first kappa shape index (κ1) is 32.6. The number of hydrogen-bond donors (Lipinski definition) is 1. The second-order valence-electron chi connectivity index (χ2n) is 10.8. The normalized spacial score (nSPS) is 12.8. The van der Waals surface area contributed by atoms with E-state index in [-0.39, 0.29) is 11.9 Å². The molecule has 0 heterocycles. The number of hydrogen-bond acceptors (Lipinski definition) is 3. The molecule has 2 unspecified atom stereocenters. The summed E-state index contributed by atoms with van der Waals surface area (Å²) in [5.41, 5.74) is 2.15. The van der Waals surface area contributed by atoms with E-state index in [1.807, 2.05) is 13.8 Å². The molecule has 188 valence electrons. The maximum Gasteiger partial charge on any atom is 0.309 e. The van der Waals surface area contributed by atoms with Crippen molar-refractivity contribution in [3.05, 3.63) is 23.3 Å². The van der Waals surface area contributed by atoms with E-state index in [9.17, 15) is 9.59 Å². The standard InChI is InChI=1S/2C14H26O2/c1-11(2)7-6-8-12(3)9-10-14(4,5)13(15)16;1-11(2)7-6-8-13(5)9-10-16-14(15)12(3)4/h7,12H,6,8-10H2,1-5H3,(H,15,16);7,12-13H,6,8-10H2,1-5H3. The van der Waals surface area contributed by atoms with Gasteiger partial charge in [0.1, 0.15) is 0 Å². The van der Waals surface area contributed by atoms with Crippen molar-refractivity contribution < 1.29 is 19.4 Å². The maximum absolute atomic E-state index is 11.2. The molecular formula is C28H52O4. The second-order valence-corrected chi connectivity index (χ2v) is 10.8. The Bertz CT molecular complexity index is 574. The van der Waals surface area contributed by atoms with Gasteiger partial charge >= 0.3 is 11.9 Å². The highest BCUT2D eigenvalue weighted by Crippen LogP contribution is 2.26. The van der Waals surface area contributed by atoms with E-state index in [0.717, 1.165) is 38.5 Å². The molecule has 0 bridgehead atoms. The van der Waals surface area contributed by atoms with Gasteiger partial charge in [-0.15, -0.1) is 0 Å². The number of rotatable bonds is 14. The summed E-state index contributed by atoms with van der Waals surface area (Å²) in [6, 6.07) is 0. The molecule has 0 aliphatic heterocycles. The average Bonchev–Trinajstić information content (AvgIpc) is 2.66. The van der Waals surface area contributed by atoms with Gasteiger partial charge in [0, 0.05) is 0 Å². The minimum Gasteiger partial charge on any atom is -0.481 e. The first-order valence-electron chi connectivity index (χ1n) is 12.4. The van der Waals surface area contributed by atoms with Crippen LogP contribution in [0.1, 0.15) is 114 Å². The lowest BCUT2D eigenvalue weighted by Crippen LogP contribution is -2.24. The van der Waals surface area contributed by atoms with Crippen molar-refractivity contribution in [3.8, 4) is 0 Å². The van der Waals surface area contributed by atoms with Gasteiger partial charge in [-0.3, -0.25) is 9.59 Å². The molecule has 0 fully saturated rings. The summed E-state index contributed by atoms with van der Waals surface area (Å²) in [4.78, 5) is 22.1. The molecule has 4 nitrogen and oxygen atoms in total. The fourth-order valence-electron chi connectivity index (χ4n) is 2.84. The van der Waals surface area contributed by atoms with E-state index in [0.29, 0.717) is 18.4 Å². The molecule has 0 saturated carbocycles. The Labute approximate surface area is 198 Å². The SMILES string of the molecule is CC(C)=CCCC(C)CCC(C)(C)C(=O)O.CC(C)=CCCC(C)CCOC(=O)C(C)C. The van der Waals surface area contributed by atoms with E-state index >= 15 is 0 Å². The molecule has 32 heavy (non-hydrogen) atoms. The van der Waals surface area contributed by atoms with Gasteiger partial charge in [0.25, 0.3) is 0 Å². The first-order valence-corrected chi connectivity index (χ1v) is 12.4. The lowest BCUT2D eigenvalue weighted by Gasteiger charge is -2.21. The minimum absolute atomic E-state index is 0.0130. The maximum atomic E-state index is 11.2. The number of ether oxygens (including phenoxy) is 1. The third-order valence-electron chi connectivity index (χ3n) is 5.59. The summed E-state index contributed by atoms with van der Waals surface area (Å²) < 4.78 is 5.15. The van der Waals surface area contributed by atoms with Gasteiger partial charge in [0.15, 0.2) is 0 Å². The lowest BCUT2D eigenvalue weighted by molar-refractivity contribution is -0.148. The quantitative estimate of drug-likeness (QED) is 0.213. The van der Waals surface area contributed by atoms with Gasteiger partial charge in [-0.2, -0.15) is 0 Å². The Morgan fingerprint density at radius 1 is 0.812 bits per heavy atom. The second kappa shape index (κ2) is 17.9. The highest BCUT2D eigenvalue weighted by molar-refractivity contribution is 5.73. The summed E-state index contributed by atoms with van der Waals surface area (Å²) >= 11 is 0. The van der Waals surface area contributed by atoms with Crippen LogP contribution in [0.15, 0.2) is 23.3 Å². The third kappa shape index (κ3) is 20.3. The fourth-order valence-corrected chi connectivity index (χ4v) is 2.84. The van der Waals surface area contributed by atoms with E-state index < -0.39 is 11.4 Å². The zero-order valence-electron chi connectivity index (χ0n) is 22.7. The highest BCUT2D eigenvalue weighted by atomic mass is 16.5. The number of carbonyl (C=O) groups excluding carboxylic acids is 1. The summed E-state index contributed by atoms with van der Waals surface area (Å²) in [6.45, 7) is 20.8. The monoisotopic (exact) mass is 452 g/mol. The molecule has 0 aromatic heterocycles. The van der Waals surface area contributed by atoms with E-state index in [1.54, 1.807) is 13.8 Å². The Morgan fingerprint density at radius 2 is 1.25 bits per heavy atom. The van der Waals surface area contributed by atoms with Crippen molar-refractivity contribution in [2.24, 2.45) is 23.2 Å². The number of aliphatic carboxylic acids is 1. The average molecular weight is 453 g/mol.